The molecule has 4 nitrogen and oxygen atoms in total. The molecule has 43 heavy (non-hydrogen) atoms. The van der Waals surface area contributed by atoms with Gasteiger partial charge in [-0.15, -0.1) is 0 Å². The van der Waals surface area contributed by atoms with Crippen LogP contribution in [0, 0.1) is 13.8 Å². The minimum atomic E-state index is -5.03. The van der Waals surface area contributed by atoms with E-state index in [0.717, 1.165) is 11.1 Å². The molecule has 1 aromatic heterocycles. The minimum absolute atomic E-state index is 0.0223. The van der Waals surface area contributed by atoms with Gasteiger partial charge in [-0.1, -0.05) is 60.7 Å². The smallest absolute Gasteiger partial charge is 0.366 e. The molecule has 1 heterocycles. The van der Waals surface area contributed by atoms with E-state index in [1.165, 1.54) is 12.1 Å². The lowest BCUT2D eigenvalue weighted by molar-refractivity contribution is -0.143. The summed E-state index contributed by atoms with van der Waals surface area (Å²) in [6, 6.07) is 22.4. The number of halogens is 6. The molecule has 0 saturated heterocycles. The molecule has 4 aromatic carbocycles. The summed E-state index contributed by atoms with van der Waals surface area (Å²) in [5, 5.41) is 0. The second-order valence-corrected chi connectivity index (χ2v) is 10.2. The van der Waals surface area contributed by atoms with E-state index in [2.05, 4.69) is 0 Å². The van der Waals surface area contributed by atoms with E-state index in [1.54, 1.807) is 28.8 Å². The number of alkyl halides is 6. The van der Waals surface area contributed by atoms with Crippen LogP contribution < -0.4 is 5.73 Å². The highest BCUT2D eigenvalue weighted by Gasteiger charge is 2.38. The summed E-state index contributed by atoms with van der Waals surface area (Å²) in [7, 11) is 0. The molecule has 0 spiro atoms. The van der Waals surface area contributed by atoms with Gasteiger partial charge in [0.05, 0.1) is 22.5 Å². The molecule has 0 bridgehead atoms. The highest BCUT2D eigenvalue weighted by Crippen LogP contribution is 2.42. The van der Waals surface area contributed by atoms with Gasteiger partial charge in [0, 0.05) is 28.8 Å². The van der Waals surface area contributed by atoms with Gasteiger partial charge in [0.2, 0.25) is 5.91 Å². The first-order valence-corrected chi connectivity index (χ1v) is 13.1. The summed E-state index contributed by atoms with van der Waals surface area (Å²) in [4.78, 5) is 16.4. The molecule has 5 rings (SSSR count). The SMILES string of the molecule is Cc1ccccc1-c1nc(-c2cc(C(F)(F)F)cc(C(F)(F)F)c2)n(Cc2ccc(C(N)=O)cc2)c1-c1ccccc1C. The van der Waals surface area contributed by atoms with Crippen molar-refractivity contribution < 1.29 is 31.1 Å². The molecule has 0 aliphatic heterocycles. The molecule has 0 aliphatic rings. The van der Waals surface area contributed by atoms with Crippen LogP contribution in [0.4, 0.5) is 26.3 Å². The zero-order chi connectivity index (χ0) is 31.1. The first kappa shape index (κ1) is 29.6. The van der Waals surface area contributed by atoms with Gasteiger partial charge in [-0.25, -0.2) is 4.98 Å². The largest absolute Gasteiger partial charge is 0.416 e. The van der Waals surface area contributed by atoms with Gasteiger partial charge in [0.1, 0.15) is 5.82 Å². The fourth-order valence-corrected chi connectivity index (χ4v) is 5.01. The Morgan fingerprint density at radius 3 is 1.74 bits per heavy atom. The molecule has 0 aliphatic carbocycles. The van der Waals surface area contributed by atoms with Crippen molar-refractivity contribution in [1.29, 1.82) is 0 Å². The Balaban J connectivity index is 1.88. The van der Waals surface area contributed by atoms with Crippen molar-refractivity contribution >= 4 is 5.91 Å². The lowest BCUT2D eigenvalue weighted by atomic mass is 9.98. The molecular weight excluding hydrogens is 568 g/mol. The molecule has 0 radical (unpaired) electrons. The maximum atomic E-state index is 13.9. The second-order valence-electron chi connectivity index (χ2n) is 10.2. The third kappa shape index (κ3) is 6.04. The number of aromatic nitrogens is 2. The van der Waals surface area contributed by atoms with Crippen LogP contribution in [0.1, 0.15) is 38.2 Å². The summed E-state index contributed by atoms with van der Waals surface area (Å²) < 4.78 is 85.0. The number of hydrogen-bond donors (Lipinski definition) is 1. The van der Waals surface area contributed by atoms with Crippen molar-refractivity contribution in [3.63, 3.8) is 0 Å². The predicted molar refractivity (Wildman–Crippen MR) is 152 cm³/mol. The standard InChI is InChI=1S/C33H25F6N3O/c1-19-7-3-5-9-26(19)28-29(27-10-6-4-8-20(27)2)42(18-21-11-13-22(14-12-21)30(40)43)31(41-28)23-15-24(32(34,35)36)17-25(16-23)33(37,38)39/h3-17H,18H2,1-2H3,(H2,40,43). The lowest BCUT2D eigenvalue weighted by Crippen LogP contribution is -2.12. The number of carbonyl (C=O) groups is 1. The van der Waals surface area contributed by atoms with Crippen molar-refractivity contribution in [3.05, 3.63) is 124 Å². The molecule has 1 amide bonds. The van der Waals surface area contributed by atoms with Crippen LogP contribution in [-0.4, -0.2) is 15.5 Å². The number of benzene rings is 4. The third-order valence-electron chi connectivity index (χ3n) is 7.19. The molecule has 5 aromatic rings. The number of aryl methyl sites for hydroxylation is 2. The number of rotatable bonds is 6. The van der Waals surface area contributed by atoms with Gasteiger partial charge < -0.3 is 10.3 Å². The summed E-state index contributed by atoms with van der Waals surface area (Å²) in [6.45, 7) is 3.74. The molecular formula is C33H25F6N3O. The minimum Gasteiger partial charge on any atom is -0.366 e. The first-order valence-electron chi connectivity index (χ1n) is 13.1. The van der Waals surface area contributed by atoms with Crippen LogP contribution in [0.2, 0.25) is 0 Å². The molecule has 0 fully saturated rings. The number of hydrogen-bond acceptors (Lipinski definition) is 2. The highest BCUT2D eigenvalue weighted by atomic mass is 19.4. The van der Waals surface area contributed by atoms with Crippen molar-refractivity contribution in [2.24, 2.45) is 5.73 Å². The Hall–Kier alpha value is -4.86. The fourth-order valence-electron chi connectivity index (χ4n) is 5.01. The van der Waals surface area contributed by atoms with Crippen LogP contribution in [0.25, 0.3) is 33.9 Å². The number of nitrogens with two attached hydrogens (primary N) is 1. The third-order valence-corrected chi connectivity index (χ3v) is 7.19. The molecule has 220 valence electrons. The molecule has 0 atom stereocenters. The van der Waals surface area contributed by atoms with Crippen LogP contribution in [0.3, 0.4) is 0 Å². The van der Waals surface area contributed by atoms with Crippen LogP contribution in [0.5, 0.6) is 0 Å². The van der Waals surface area contributed by atoms with E-state index in [1.807, 2.05) is 50.2 Å². The number of carbonyl (C=O) groups excluding carboxylic acids is 1. The van der Waals surface area contributed by atoms with Crippen LogP contribution >= 0.6 is 0 Å². The van der Waals surface area contributed by atoms with Crippen molar-refractivity contribution in [2.45, 2.75) is 32.7 Å². The number of primary amides is 1. The van der Waals surface area contributed by atoms with E-state index >= 15 is 0 Å². The van der Waals surface area contributed by atoms with Crippen LogP contribution in [0.15, 0.2) is 91.0 Å². The normalized spacial score (nSPS) is 12.0. The summed E-state index contributed by atoms with van der Waals surface area (Å²) in [5.41, 5.74) is 6.98. The second kappa shape index (κ2) is 11.1. The van der Waals surface area contributed by atoms with Crippen molar-refractivity contribution in [1.82, 2.24) is 9.55 Å². The van der Waals surface area contributed by atoms with Crippen molar-refractivity contribution in [2.75, 3.05) is 0 Å². The lowest BCUT2D eigenvalue weighted by Gasteiger charge is -2.17. The zero-order valence-electron chi connectivity index (χ0n) is 23.0. The Morgan fingerprint density at radius 1 is 0.744 bits per heavy atom. The Morgan fingerprint density at radius 2 is 1.26 bits per heavy atom. The van der Waals surface area contributed by atoms with Gasteiger partial charge in [-0.3, -0.25) is 4.79 Å². The van der Waals surface area contributed by atoms with Crippen LogP contribution in [-0.2, 0) is 18.9 Å². The number of amides is 1. The maximum absolute atomic E-state index is 13.9. The molecule has 0 saturated carbocycles. The maximum Gasteiger partial charge on any atom is 0.416 e. The van der Waals surface area contributed by atoms with Crippen molar-refractivity contribution in [3.8, 4) is 33.9 Å². The number of nitrogens with zero attached hydrogens (tertiary/aromatic N) is 2. The monoisotopic (exact) mass is 593 g/mol. The van der Waals surface area contributed by atoms with E-state index in [4.69, 9.17) is 10.7 Å². The summed E-state index contributed by atoms with van der Waals surface area (Å²) in [6.07, 6.45) is -10.1. The van der Waals surface area contributed by atoms with Gasteiger partial charge in [-0.05, 0) is 60.9 Å². The van der Waals surface area contributed by atoms with Gasteiger partial charge in [-0.2, -0.15) is 26.3 Å². The Labute approximate surface area is 243 Å². The first-order chi connectivity index (χ1) is 20.2. The summed E-state index contributed by atoms with van der Waals surface area (Å²) >= 11 is 0. The van der Waals surface area contributed by atoms with Gasteiger partial charge in [0.15, 0.2) is 0 Å². The molecule has 0 unspecified atom stereocenters. The van der Waals surface area contributed by atoms with Gasteiger partial charge >= 0.3 is 12.4 Å². The average Bonchev–Trinajstić information content (AvgIpc) is 3.31. The summed E-state index contributed by atoms with van der Waals surface area (Å²) in [5.74, 6) is -0.715. The molecule has 2 N–H and O–H groups in total. The molecule has 10 heteroatoms. The zero-order valence-corrected chi connectivity index (χ0v) is 23.0. The van der Waals surface area contributed by atoms with E-state index < -0.39 is 29.4 Å². The highest BCUT2D eigenvalue weighted by molar-refractivity contribution is 5.92. The van der Waals surface area contributed by atoms with E-state index in [9.17, 15) is 31.1 Å². The predicted octanol–water partition coefficient (Wildman–Crippen LogP) is 8.69. The quantitative estimate of drug-likeness (QED) is 0.200. The Kier molecular flexibility index (Phi) is 7.64. The van der Waals surface area contributed by atoms with E-state index in [-0.39, 0.29) is 29.6 Å². The van der Waals surface area contributed by atoms with Gasteiger partial charge in [0.25, 0.3) is 0 Å². The van der Waals surface area contributed by atoms with E-state index in [0.29, 0.717) is 40.2 Å². The number of imidazole rings is 1. The topological polar surface area (TPSA) is 60.9 Å². The average molecular weight is 594 g/mol. The Bertz CT molecular complexity index is 1790. The fraction of sp³-hybridized carbons (Fsp3) is 0.152.